The van der Waals surface area contributed by atoms with Crippen molar-refractivity contribution >= 4 is 28.4 Å². The first-order chi connectivity index (χ1) is 13.5. The number of halogens is 1. The van der Waals surface area contributed by atoms with Crippen molar-refractivity contribution in [3.63, 3.8) is 0 Å². The third kappa shape index (κ3) is 4.80. The fourth-order valence-corrected chi connectivity index (χ4v) is 3.34. The van der Waals surface area contributed by atoms with Crippen LogP contribution in [0.4, 0.5) is 0 Å². The van der Waals surface area contributed by atoms with Crippen LogP contribution in [-0.4, -0.2) is 36.1 Å². The lowest BCUT2D eigenvalue weighted by molar-refractivity contribution is 0.0723. The minimum absolute atomic E-state index is 0.164. The Morgan fingerprint density at radius 1 is 1.18 bits per heavy atom. The maximum absolute atomic E-state index is 13.0. The Balaban J connectivity index is 1.92. The van der Waals surface area contributed by atoms with E-state index in [1.165, 1.54) is 0 Å². The van der Waals surface area contributed by atoms with E-state index in [1.54, 1.807) is 36.3 Å². The molecular formula is C22H23ClN2O3. The van der Waals surface area contributed by atoms with E-state index in [9.17, 15) is 9.59 Å². The maximum atomic E-state index is 13.0. The van der Waals surface area contributed by atoms with Crippen LogP contribution in [0.3, 0.4) is 0 Å². The van der Waals surface area contributed by atoms with Gasteiger partial charge in [0.1, 0.15) is 0 Å². The van der Waals surface area contributed by atoms with Gasteiger partial charge in [0.2, 0.25) is 0 Å². The Morgan fingerprint density at radius 2 is 2.00 bits per heavy atom. The predicted molar refractivity (Wildman–Crippen MR) is 112 cm³/mol. The molecule has 0 saturated carbocycles. The van der Waals surface area contributed by atoms with E-state index in [-0.39, 0.29) is 18.0 Å². The lowest BCUT2D eigenvalue weighted by Crippen LogP contribution is -2.34. The molecule has 0 aliphatic heterocycles. The first-order valence-electron chi connectivity index (χ1n) is 9.14. The number of amides is 1. The fourth-order valence-electron chi connectivity index (χ4n) is 3.15. The number of aryl methyl sites for hydroxylation is 1. The van der Waals surface area contributed by atoms with Gasteiger partial charge in [-0.05, 0) is 55.1 Å². The predicted octanol–water partition coefficient (Wildman–Crippen LogP) is 4.17. The molecular weight excluding hydrogens is 376 g/mol. The summed E-state index contributed by atoms with van der Waals surface area (Å²) in [5, 5.41) is 1.45. The van der Waals surface area contributed by atoms with Gasteiger partial charge in [-0.25, -0.2) is 0 Å². The topological polar surface area (TPSA) is 62.4 Å². The van der Waals surface area contributed by atoms with Crippen molar-refractivity contribution in [3.05, 3.63) is 80.6 Å². The number of aromatic nitrogens is 1. The molecule has 1 aromatic heterocycles. The summed E-state index contributed by atoms with van der Waals surface area (Å²) in [4.78, 5) is 30.2. The van der Waals surface area contributed by atoms with Gasteiger partial charge in [0.05, 0.1) is 6.54 Å². The minimum atomic E-state index is -0.188. The minimum Gasteiger partial charge on any atom is -0.385 e. The van der Waals surface area contributed by atoms with Crippen LogP contribution in [0.25, 0.3) is 10.9 Å². The molecule has 0 atom stereocenters. The second kappa shape index (κ2) is 9.04. The van der Waals surface area contributed by atoms with Crippen molar-refractivity contribution in [2.24, 2.45) is 0 Å². The van der Waals surface area contributed by atoms with Crippen LogP contribution in [-0.2, 0) is 11.3 Å². The molecule has 0 bridgehead atoms. The fraction of sp³-hybridized carbons (Fsp3) is 0.273. The SMILES string of the molecule is COCCCN(Cc1cc2cc(C)ccc2[nH]c1=O)C(=O)c1cccc(Cl)c1. The molecule has 28 heavy (non-hydrogen) atoms. The molecule has 2 aromatic carbocycles. The van der Waals surface area contributed by atoms with Crippen molar-refractivity contribution in [1.29, 1.82) is 0 Å². The summed E-state index contributed by atoms with van der Waals surface area (Å²) in [5.41, 5.74) is 2.75. The van der Waals surface area contributed by atoms with Crippen molar-refractivity contribution in [3.8, 4) is 0 Å². The highest BCUT2D eigenvalue weighted by Crippen LogP contribution is 2.17. The Labute approximate surface area is 168 Å². The Kier molecular flexibility index (Phi) is 6.49. The van der Waals surface area contributed by atoms with Crippen molar-refractivity contribution in [1.82, 2.24) is 9.88 Å². The smallest absolute Gasteiger partial charge is 0.254 e. The summed E-state index contributed by atoms with van der Waals surface area (Å²) in [6.07, 6.45) is 0.674. The van der Waals surface area contributed by atoms with Crippen molar-refractivity contribution < 1.29 is 9.53 Å². The Bertz CT molecular complexity index is 1050. The van der Waals surface area contributed by atoms with Crippen molar-refractivity contribution in [2.45, 2.75) is 19.9 Å². The molecule has 0 fully saturated rings. The number of pyridine rings is 1. The summed E-state index contributed by atoms with van der Waals surface area (Å²) in [7, 11) is 1.62. The van der Waals surface area contributed by atoms with Crippen LogP contribution in [0, 0.1) is 6.92 Å². The first kappa shape index (κ1) is 20.1. The van der Waals surface area contributed by atoms with Gasteiger partial charge < -0.3 is 14.6 Å². The van der Waals surface area contributed by atoms with Gasteiger partial charge in [0.15, 0.2) is 0 Å². The summed E-state index contributed by atoms with van der Waals surface area (Å²) in [5.74, 6) is -0.164. The Hall–Kier alpha value is -2.63. The zero-order chi connectivity index (χ0) is 20.1. The van der Waals surface area contributed by atoms with E-state index in [0.29, 0.717) is 35.7 Å². The quantitative estimate of drug-likeness (QED) is 0.607. The van der Waals surface area contributed by atoms with Gasteiger partial charge in [-0.3, -0.25) is 9.59 Å². The molecule has 6 heteroatoms. The van der Waals surface area contributed by atoms with Gasteiger partial charge in [-0.2, -0.15) is 0 Å². The third-order valence-electron chi connectivity index (χ3n) is 4.57. The average molecular weight is 399 g/mol. The monoisotopic (exact) mass is 398 g/mol. The molecule has 5 nitrogen and oxygen atoms in total. The lowest BCUT2D eigenvalue weighted by atomic mass is 10.1. The molecule has 146 valence electrons. The summed E-state index contributed by atoms with van der Waals surface area (Å²) < 4.78 is 5.11. The molecule has 0 spiro atoms. The second-order valence-corrected chi connectivity index (χ2v) is 7.23. The zero-order valence-electron chi connectivity index (χ0n) is 16.0. The van der Waals surface area contributed by atoms with Gasteiger partial charge in [-0.15, -0.1) is 0 Å². The summed E-state index contributed by atoms with van der Waals surface area (Å²) in [6, 6.07) is 14.6. The van der Waals surface area contributed by atoms with E-state index >= 15 is 0 Å². The van der Waals surface area contributed by atoms with E-state index in [2.05, 4.69) is 4.98 Å². The number of methoxy groups -OCH3 is 1. The van der Waals surface area contributed by atoms with Gasteiger partial charge in [0.25, 0.3) is 11.5 Å². The molecule has 1 N–H and O–H groups in total. The Morgan fingerprint density at radius 3 is 2.75 bits per heavy atom. The number of aromatic amines is 1. The molecule has 3 rings (SSSR count). The third-order valence-corrected chi connectivity index (χ3v) is 4.81. The molecule has 0 unspecified atom stereocenters. The molecule has 0 aliphatic rings. The summed E-state index contributed by atoms with van der Waals surface area (Å²) >= 11 is 6.04. The second-order valence-electron chi connectivity index (χ2n) is 6.80. The lowest BCUT2D eigenvalue weighted by Gasteiger charge is -2.23. The number of ether oxygens (including phenoxy) is 1. The average Bonchev–Trinajstić information content (AvgIpc) is 2.67. The van der Waals surface area contributed by atoms with E-state index in [0.717, 1.165) is 16.5 Å². The highest BCUT2D eigenvalue weighted by Gasteiger charge is 2.18. The largest absolute Gasteiger partial charge is 0.385 e. The maximum Gasteiger partial charge on any atom is 0.254 e. The van der Waals surface area contributed by atoms with E-state index in [4.69, 9.17) is 16.3 Å². The van der Waals surface area contributed by atoms with E-state index < -0.39 is 0 Å². The molecule has 0 saturated heterocycles. The van der Waals surface area contributed by atoms with Crippen LogP contribution in [0.1, 0.15) is 27.9 Å². The first-order valence-corrected chi connectivity index (χ1v) is 9.52. The van der Waals surface area contributed by atoms with Gasteiger partial charge in [-0.1, -0.05) is 29.3 Å². The zero-order valence-corrected chi connectivity index (χ0v) is 16.8. The standard InChI is InChI=1S/C22H23ClN2O3/c1-15-7-8-20-17(11-15)12-18(21(26)24-20)14-25(9-4-10-28-2)22(27)16-5-3-6-19(23)13-16/h3,5-8,11-13H,4,9-10,14H2,1-2H3,(H,24,26). The molecule has 1 heterocycles. The normalized spacial score (nSPS) is 11.0. The number of hydrogen-bond acceptors (Lipinski definition) is 3. The number of carbonyl (C=O) groups excluding carboxylic acids is 1. The number of hydrogen-bond donors (Lipinski definition) is 1. The van der Waals surface area contributed by atoms with E-state index in [1.807, 2.05) is 31.2 Å². The number of carbonyl (C=O) groups is 1. The van der Waals surface area contributed by atoms with Crippen LogP contribution in [0.15, 0.2) is 53.3 Å². The highest BCUT2D eigenvalue weighted by molar-refractivity contribution is 6.30. The van der Waals surface area contributed by atoms with Crippen LogP contribution < -0.4 is 5.56 Å². The number of benzene rings is 2. The number of fused-ring (bicyclic) bond motifs is 1. The number of H-pyrrole nitrogens is 1. The summed E-state index contributed by atoms with van der Waals surface area (Å²) in [6.45, 7) is 3.23. The molecule has 0 aliphatic carbocycles. The van der Waals surface area contributed by atoms with Crippen LogP contribution >= 0.6 is 11.6 Å². The highest BCUT2D eigenvalue weighted by atomic mass is 35.5. The molecule has 1 amide bonds. The molecule has 3 aromatic rings. The number of nitrogens with zero attached hydrogens (tertiary/aromatic N) is 1. The number of rotatable bonds is 7. The van der Waals surface area contributed by atoms with Gasteiger partial charge in [0, 0.05) is 41.9 Å². The number of nitrogens with one attached hydrogen (secondary N) is 1. The van der Waals surface area contributed by atoms with Gasteiger partial charge >= 0.3 is 0 Å². The van der Waals surface area contributed by atoms with Crippen LogP contribution in [0.5, 0.6) is 0 Å². The van der Waals surface area contributed by atoms with Crippen molar-refractivity contribution in [2.75, 3.05) is 20.3 Å². The van der Waals surface area contributed by atoms with Crippen LogP contribution in [0.2, 0.25) is 5.02 Å². The molecule has 0 radical (unpaired) electrons.